The largest absolute Gasteiger partial charge is 1.00 e. The van der Waals surface area contributed by atoms with Gasteiger partial charge in [-0.3, -0.25) is 0 Å². The molecule has 1 aromatic carbocycles. The Hall–Kier alpha value is -0.279. The zero-order chi connectivity index (χ0) is 14.8. The summed E-state index contributed by atoms with van der Waals surface area (Å²) in [5.74, 6) is 0.661. The van der Waals surface area contributed by atoms with E-state index in [1.54, 1.807) is 25.4 Å². The number of ether oxygens (including phenoxy) is 1. The predicted octanol–water partition coefficient (Wildman–Crippen LogP) is -0.592. The van der Waals surface area contributed by atoms with Gasteiger partial charge < -0.3 is 22.3 Å². The summed E-state index contributed by atoms with van der Waals surface area (Å²) >= 11 is 0. The number of halogens is 3. The predicted molar refractivity (Wildman–Crippen MR) is 72.3 cm³/mol. The molecule has 2 aromatic rings. The van der Waals surface area contributed by atoms with Crippen molar-refractivity contribution in [2.24, 2.45) is 7.05 Å². The van der Waals surface area contributed by atoms with Gasteiger partial charge in [-0.2, -0.15) is 0 Å². The molecule has 21 heavy (non-hydrogen) atoms. The van der Waals surface area contributed by atoms with Crippen molar-refractivity contribution in [1.29, 1.82) is 0 Å². The monoisotopic (exact) mass is 322 g/mol. The maximum Gasteiger partial charge on any atom is 1.00 e. The van der Waals surface area contributed by atoms with Gasteiger partial charge in [-0.1, -0.05) is 23.2 Å². The Labute approximate surface area is 164 Å². The van der Waals surface area contributed by atoms with Crippen molar-refractivity contribution in [1.82, 2.24) is 9.55 Å². The third-order valence-corrected chi connectivity index (χ3v) is 3.02. The Kier molecular flexibility index (Phi) is 6.99. The van der Waals surface area contributed by atoms with Gasteiger partial charge in [-0.05, 0) is 13.0 Å². The maximum absolute atomic E-state index is 13.0. The van der Waals surface area contributed by atoms with Gasteiger partial charge in [0, 0.05) is 25.9 Å². The van der Waals surface area contributed by atoms with Crippen LogP contribution < -0.4 is 61.6 Å². The summed E-state index contributed by atoms with van der Waals surface area (Å²) in [6, 6.07) is 4.11. The number of imidazole rings is 1. The van der Waals surface area contributed by atoms with Crippen molar-refractivity contribution in [3.8, 4) is 5.75 Å². The molecular formula is C13H15BF3KN2O. The molecule has 0 aliphatic heterocycles. The van der Waals surface area contributed by atoms with E-state index in [1.807, 2.05) is 11.6 Å². The van der Waals surface area contributed by atoms with Crippen molar-refractivity contribution >= 4 is 12.4 Å². The molecule has 1 heterocycles. The second kappa shape index (κ2) is 7.82. The second-order valence-corrected chi connectivity index (χ2v) is 4.67. The first-order valence-electron chi connectivity index (χ1n) is 6.27. The van der Waals surface area contributed by atoms with E-state index in [9.17, 15) is 12.9 Å². The average Bonchev–Trinajstić information content (AvgIpc) is 2.76. The minimum absolute atomic E-state index is 0. The normalized spacial score (nSPS) is 11.1. The molecule has 0 spiro atoms. The zero-order valence-electron chi connectivity index (χ0n) is 12.3. The summed E-state index contributed by atoms with van der Waals surface area (Å²) in [7, 11) is 1.83. The number of rotatable bonds is 5. The Morgan fingerprint density at radius 1 is 1.29 bits per heavy atom. The van der Waals surface area contributed by atoms with Gasteiger partial charge in [0.25, 0.3) is 0 Å². The quantitative estimate of drug-likeness (QED) is 0.688. The van der Waals surface area contributed by atoms with Gasteiger partial charge in [0.05, 0.1) is 12.4 Å². The van der Waals surface area contributed by atoms with Gasteiger partial charge in [0.2, 0.25) is 0 Å². The fourth-order valence-corrected chi connectivity index (χ4v) is 1.94. The van der Waals surface area contributed by atoms with Crippen LogP contribution in [0, 0.1) is 6.92 Å². The number of hydrogen-bond acceptors (Lipinski definition) is 2. The first-order chi connectivity index (χ1) is 9.38. The molecule has 1 aromatic heterocycles. The van der Waals surface area contributed by atoms with E-state index in [0.717, 1.165) is 11.9 Å². The van der Waals surface area contributed by atoms with Gasteiger partial charge in [0.15, 0.2) is 0 Å². The van der Waals surface area contributed by atoms with Gasteiger partial charge in [-0.15, -0.1) is 0 Å². The van der Waals surface area contributed by atoms with E-state index < -0.39 is 12.4 Å². The third-order valence-electron chi connectivity index (χ3n) is 3.02. The number of hydrogen-bond donors (Lipinski definition) is 0. The Bertz CT molecular complexity index is 601. The minimum atomic E-state index is -5.07. The molecule has 0 saturated carbocycles. The van der Waals surface area contributed by atoms with Crippen molar-refractivity contribution in [2.75, 3.05) is 6.61 Å². The van der Waals surface area contributed by atoms with E-state index in [1.165, 1.54) is 6.07 Å². The third kappa shape index (κ3) is 5.14. The van der Waals surface area contributed by atoms with Gasteiger partial charge in [-0.25, -0.2) is 4.98 Å². The fourth-order valence-electron chi connectivity index (χ4n) is 1.94. The molecule has 0 amide bonds. The number of nitrogens with zero attached hydrogens (tertiary/aromatic N) is 2. The summed E-state index contributed by atoms with van der Waals surface area (Å²) in [5, 5.41) is 0. The molecule has 0 aliphatic rings. The fraction of sp³-hybridized carbons (Fsp3) is 0.308. The van der Waals surface area contributed by atoms with E-state index >= 15 is 0 Å². The Balaban J connectivity index is 0.00000220. The standard InChI is InChI=1S/C13H15BF3N2O.K/c1-10-3-4-12(11(9-10)14(15,16)17)20-8-5-13-18-6-7-19(13)2;/h3-4,6-7,9H,5,8H2,1-2H3;/q-1;+1. The van der Waals surface area contributed by atoms with Crippen LogP contribution in [0.3, 0.4) is 0 Å². The summed E-state index contributed by atoms with van der Waals surface area (Å²) < 4.78 is 46.0. The first kappa shape index (κ1) is 18.8. The Morgan fingerprint density at radius 3 is 2.57 bits per heavy atom. The molecule has 108 valence electrons. The van der Waals surface area contributed by atoms with E-state index in [-0.39, 0.29) is 63.7 Å². The van der Waals surface area contributed by atoms with Crippen LogP contribution in [-0.4, -0.2) is 23.1 Å². The molecule has 2 rings (SSSR count). The summed E-state index contributed by atoms with van der Waals surface area (Å²) in [6.07, 6.45) is 3.89. The van der Waals surface area contributed by atoms with Crippen LogP contribution in [0.15, 0.2) is 30.6 Å². The van der Waals surface area contributed by atoms with Crippen LogP contribution >= 0.6 is 0 Å². The molecule has 0 fully saturated rings. The van der Waals surface area contributed by atoms with Crippen molar-refractivity contribution in [3.05, 3.63) is 42.0 Å². The van der Waals surface area contributed by atoms with Crippen molar-refractivity contribution < 1.29 is 69.1 Å². The molecule has 0 unspecified atom stereocenters. The van der Waals surface area contributed by atoms with Crippen LogP contribution in [0.1, 0.15) is 11.4 Å². The molecule has 0 bridgehead atoms. The van der Waals surface area contributed by atoms with Crippen LogP contribution in [-0.2, 0) is 13.5 Å². The van der Waals surface area contributed by atoms with Crippen LogP contribution in [0.25, 0.3) is 0 Å². The zero-order valence-corrected chi connectivity index (χ0v) is 15.4. The molecule has 0 saturated heterocycles. The van der Waals surface area contributed by atoms with Crippen LogP contribution in [0.5, 0.6) is 5.75 Å². The average molecular weight is 322 g/mol. The van der Waals surface area contributed by atoms with E-state index in [0.29, 0.717) is 12.0 Å². The number of aromatic nitrogens is 2. The molecular weight excluding hydrogens is 307 g/mol. The van der Waals surface area contributed by atoms with Crippen molar-refractivity contribution in [3.63, 3.8) is 0 Å². The summed E-state index contributed by atoms with van der Waals surface area (Å²) in [4.78, 5) is 4.10. The Morgan fingerprint density at radius 2 is 2.00 bits per heavy atom. The van der Waals surface area contributed by atoms with E-state index in [4.69, 9.17) is 4.74 Å². The van der Waals surface area contributed by atoms with E-state index in [2.05, 4.69) is 4.98 Å². The van der Waals surface area contributed by atoms with Gasteiger partial charge >= 0.3 is 58.4 Å². The maximum atomic E-state index is 13.0. The summed E-state index contributed by atoms with van der Waals surface area (Å²) in [5.41, 5.74) is -0.111. The number of aryl methyl sites for hydroxylation is 2. The SMILES string of the molecule is Cc1ccc(OCCc2nccn2C)c([B-](F)(F)F)c1.[K+]. The molecule has 0 atom stereocenters. The first-order valence-corrected chi connectivity index (χ1v) is 6.27. The molecule has 0 aliphatic carbocycles. The molecule has 3 nitrogen and oxygen atoms in total. The molecule has 8 heteroatoms. The smallest absolute Gasteiger partial charge is 0.496 e. The minimum Gasteiger partial charge on any atom is -0.496 e. The van der Waals surface area contributed by atoms with Crippen LogP contribution in [0.2, 0.25) is 0 Å². The van der Waals surface area contributed by atoms with Crippen molar-refractivity contribution in [2.45, 2.75) is 13.3 Å². The molecule has 0 radical (unpaired) electrons. The number of benzene rings is 1. The summed E-state index contributed by atoms with van der Waals surface area (Å²) in [6.45, 7) is -3.29. The molecule has 0 N–H and O–H groups in total. The van der Waals surface area contributed by atoms with Gasteiger partial charge in [0.1, 0.15) is 5.82 Å². The van der Waals surface area contributed by atoms with Crippen LogP contribution in [0.4, 0.5) is 12.9 Å². The topological polar surface area (TPSA) is 27.1 Å². The second-order valence-electron chi connectivity index (χ2n) is 4.67.